The number of carbonyl (C=O) groups is 1. The van der Waals surface area contributed by atoms with Gasteiger partial charge >= 0.3 is 0 Å². The molecule has 2 N–H and O–H groups in total. The van der Waals surface area contributed by atoms with Gasteiger partial charge in [0.25, 0.3) is 0 Å². The third-order valence-electron chi connectivity index (χ3n) is 16.8. The van der Waals surface area contributed by atoms with Gasteiger partial charge in [-0.3, -0.25) is 4.79 Å². The van der Waals surface area contributed by atoms with Gasteiger partial charge in [-0.1, -0.05) is 106 Å². The fraction of sp³-hybridized carbons (Fsp3) is 0.436. The minimum absolute atomic E-state index is 0.0234. The molecule has 6 aliphatic rings. The number of aromatic nitrogens is 1. The zero-order chi connectivity index (χ0) is 43.9. The lowest BCUT2D eigenvalue weighted by molar-refractivity contribution is -0.144. The molecule has 318 valence electrons. The number of nitrogens with zero attached hydrogens (tertiary/aromatic N) is 3. The van der Waals surface area contributed by atoms with Crippen LogP contribution in [0.2, 0.25) is 0 Å². The molecule has 62 heavy (non-hydrogen) atoms. The van der Waals surface area contributed by atoms with Crippen LogP contribution in [-0.2, 0) is 16.6 Å². The molecule has 10 rings (SSSR count). The van der Waals surface area contributed by atoms with Gasteiger partial charge in [-0.2, -0.15) is 5.26 Å². The fourth-order valence-corrected chi connectivity index (χ4v) is 14.2. The Balaban J connectivity index is 1.09. The van der Waals surface area contributed by atoms with Crippen molar-refractivity contribution in [3.8, 4) is 6.07 Å². The molecule has 4 aromatic rings. The van der Waals surface area contributed by atoms with Crippen molar-refractivity contribution in [1.29, 1.82) is 5.26 Å². The molecule has 0 amide bonds. The summed E-state index contributed by atoms with van der Waals surface area (Å²) in [5.74, 6) is 0.210. The van der Waals surface area contributed by atoms with E-state index in [9.17, 15) is 15.5 Å². The van der Waals surface area contributed by atoms with Crippen LogP contribution < -0.4 is 0 Å². The molecule has 0 spiro atoms. The van der Waals surface area contributed by atoms with E-state index < -0.39 is 34.9 Å². The molecule has 0 saturated heterocycles. The first-order chi connectivity index (χ1) is 29.4. The topological polar surface area (TPSA) is 108 Å². The molecule has 9 atom stereocenters. The number of Topliss-reactive ketones (excluding diaryl/α,β-unsaturated/α-hetero) is 1. The molecule has 1 aromatic heterocycles. The predicted molar refractivity (Wildman–Crippen MR) is 246 cm³/mol. The molecule has 2 fully saturated rings. The Hall–Kier alpha value is -5.13. The van der Waals surface area contributed by atoms with Crippen molar-refractivity contribution in [1.82, 2.24) is 4.57 Å². The summed E-state index contributed by atoms with van der Waals surface area (Å²) < 4.78 is 8.93. The van der Waals surface area contributed by atoms with E-state index in [0.717, 1.165) is 75.7 Å². The van der Waals surface area contributed by atoms with E-state index in [1.165, 1.54) is 11.3 Å². The Morgan fingerprint density at radius 3 is 2.26 bits per heavy atom. The minimum Gasteiger partial charge on any atom is -0.392 e. The van der Waals surface area contributed by atoms with Crippen LogP contribution in [0.4, 0.5) is 0 Å². The second-order valence-corrected chi connectivity index (χ2v) is 21.0. The number of nitriles is 1. The summed E-state index contributed by atoms with van der Waals surface area (Å²) in [4.78, 5) is 20.0. The molecule has 3 heterocycles. The molecule has 7 heteroatoms. The van der Waals surface area contributed by atoms with Crippen molar-refractivity contribution in [2.75, 3.05) is 0 Å². The highest BCUT2D eigenvalue weighted by Crippen LogP contribution is 2.71. The number of ether oxygens (including phenoxy) is 1. The number of fused-ring (bicyclic) bond motifs is 11. The second-order valence-electron chi connectivity index (χ2n) is 21.0. The van der Waals surface area contributed by atoms with E-state index in [1.807, 2.05) is 73.7 Å². The molecular formula is C55H59N3O4. The third-order valence-corrected chi connectivity index (χ3v) is 16.8. The number of hydrogen-bond donors (Lipinski definition) is 2. The van der Waals surface area contributed by atoms with E-state index in [2.05, 4.69) is 83.9 Å². The number of ketones is 1. The third kappa shape index (κ3) is 5.45. The second kappa shape index (κ2) is 13.7. The van der Waals surface area contributed by atoms with Crippen LogP contribution in [-0.4, -0.2) is 43.6 Å². The zero-order valence-electron chi connectivity index (χ0n) is 37.4. The van der Waals surface area contributed by atoms with E-state index in [1.54, 1.807) is 6.08 Å². The van der Waals surface area contributed by atoms with Crippen LogP contribution in [0.3, 0.4) is 0 Å². The number of carbonyl (C=O) groups excluding carboxylic acids is 1. The first-order valence-electron chi connectivity index (χ1n) is 22.6. The number of benzene rings is 3. The maximum absolute atomic E-state index is 15.1. The normalized spacial score (nSPS) is 33.6. The largest absolute Gasteiger partial charge is 0.392 e. The predicted octanol–water partition coefficient (Wildman–Crippen LogP) is 11.1. The molecule has 0 radical (unpaired) electrons. The highest BCUT2D eigenvalue weighted by atomic mass is 16.5. The summed E-state index contributed by atoms with van der Waals surface area (Å²) in [5.41, 5.74) is 8.36. The number of allylic oxidation sites excluding steroid dienone is 4. The molecule has 0 unspecified atom stereocenters. The Bertz CT molecular complexity index is 2720. The van der Waals surface area contributed by atoms with Crippen LogP contribution in [0, 0.1) is 39.9 Å². The zero-order valence-corrected chi connectivity index (χ0v) is 37.4. The highest BCUT2D eigenvalue weighted by Gasteiger charge is 2.68. The molecule has 3 aromatic carbocycles. The Labute approximate surface area is 366 Å². The fourth-order valence-electron chi connectivity index (χ4n) is 14.2. The van der Waals surface area contributed by atoms with Crippen molar-refractivity contribution < 1.29 is 19.7 Å². The lowest BCUT2D eigenvalue weighted by Crippen LogP contribution is -2.62. The Morgan fingerprint density at radius 2 is 1.63 bits per heavy atom. The summed E-state index contributed by atoms with van der Waals surface area (Å²) in [6.07, 6.45) is 11.0. The smallest absolute Gasteiger partial charge is 0.192 e. The van der Waals surface area contributed by atoms with Gasteiger partial charge in [0.05, 0.1) is 40.2 Å². The summed E-state index contributed by atoms with van der Waals surface area (Å²) in [6.45, 7) is 21.8. The summed E-state index contributed by atoms with van der Waals surface area (Å²) in [7, 11) is 0. The maximum Gasteiger partial charge on any atom is 0.192 e. The van der Waals surface area contributed by atoms with Crippen LogP contribution >= 0.6 is 0 Å². The monoisotopic (exact) mass is 825 g/mol. The highest BCUT2D eigenvalue weighted by molar-refractivity contribution is 6.18. The Morgan fingerprint density at radius 1 is 0.968 bits per heavy atom. The van der Waals surface area contributed by atoms with E-state index in [0.29, 0.717) is 17.9 Å². The number of aliphatic imine (C=N–C) groups is 1. The number of rotatable bonds is 6. The Kier molecular flexibility index (Phi) is 9.03. The van der Waals surface area contributed by atoms with Gasteiger partial charge in [-0.15, -0.1) is 0 Å². The van der Waals surface area contributed by atoms with Crippen LogP contribution in [0.25, 0.3) is 16.5 Å². The molecule has 2 saturated carbocycles. The van der Waals surface area contributed by atoms with E-state index >= 15 is 4.79 Å². The molecule has 0 bridgehead atoms. The van der Waals surface area contributed by atoms with Crippen molar-refractivity contribution in [2.45, 2.75) is 122 Å². The van der Waals surface area contributed by atoms with Crippen LogP contribution in [0.5, 0.6) is 0 Å². The summed E-state index contributed by atoms with van der Waals surface area (Å²) >= 11 is 0. The van der Waals surface area contributed by atoms with Gasteiger partial charge in [-0.25, -0.2) is 4.99 Å². The van der Waals surface area contributed by atoms with Crippen LogP contribution in [0.1, 0.15) is 137 Å². The maximum atomic E-state index is 15.1. The van der Waals surface area contributed by atoms with E-state index in [-0.39, 0.29) is 34.1 Å². The lowest BCUT2D eigenvalue weighted by atomic mass is 9.40. The lowest BCUT2D eigenvalue weighted by Gasteiger charge is -2.64. The van der Waals surface area contributed by atoms with Gasteiger partial charge in [-0.05, 0) is 119 Å². The number of hydrogen-bond acceptors (Lipinski definition) is 6. The van der Waals surface area contributed by atoms with Gasteiger partial charge in [0.15, 0.2) is 5.78 Å². The average Bonchev–Trinajstić information content (AvgIpc) is 3.90. The minimum atomic E-state index is -0.871. The van der Waals surface area contributed by atoms with Crippen molar-refractivity contribution in [3.63, 3.8) is 0 Å². The van der Waals surface area contributed by atoms with E-state index in [4.69, 9.17) is 9.73 Å². The number of aliphatic hydroxyl groups is 2. The molecule has 4 aliphatic carbocycles. The first-order valence-corrected chi connectivity index (χ1v) is 22.6. The van der Waals surface area contributed by atoms with Crippen molar-refractivity contribution in [2.24, 2.45) is 33.6 Å². The molecular weight excluding hydrogens is 767 g/mol. The summed E-state index contributed by atoms with van der Waals surface area (Å²) in [5, 5.41) is 35.9. The quantitative estimate of drug-likeness (QED) is 0.0871. The van der Waals surface area contributed by atoms with Crippen molar-refractivity contribution in [3.05, 3.63) is 148 Å². The van der Waals surface area contributed by atoms with Gasteiger partial charge in [0.1, 0.15) is 17.8 Å². The summed E-state index contributed by atoms with van der Waals surface area (Å²) in [6, 6.07) is 24.0. The molecule has 2 aliphatic heterocycles. The number of aliphatic hydroxyl groups excluding tert-OH is 2. The standard InChI is InChI=1S/C55H59N3O4/c1-31(2)46-49(61)43-42-36(39-29-51(3,4)62-52(5,6)44(39)48(42)60)28-37-38-27-34-22-23-40-53(7,41(59)24-26-54(40,8)55(34,9)50(38)58(46)47(37)43)25-16-21-35(30-56)57-45(32-17-12-10-13-18-32)33-19-14-11-15-20-33/h10-21,25,28-29,34,40-41,44,46,48,59-60H,1,22-24,26-27H2,2-9H3/b25-16+,35-21+/t34-,40-,41-,44+,46-,48+,53-,54-,55+/m0/s1. The van der Waals surface area contributed by atoms with Gasteiger partial charge in [0.2, 0.25) is 0 Å². The van der Waals surface area contributed by atoms with Gasteiger partial charge < -0.3 is 19.5 Å². The first kappa shape index (κ1) is 40.9. The average molecular weight is 826 g/mol. The van der Waals surface area contributed by atoms with Crippen LogP contribution in [0.15, 0.2) is 114 Å². The molecule has 7 nitrogen and oxygen atoms in total. The van der Waals surface area contributed by atoms with Crippen molar-refractivity contribution >= 4 is 28.0 Å². The van der Waals surface area contributed by atoms with Gasteiger partial charge in [0, 0.05) is 44.5 Å². The SMILES string of the molecule is C=C(C)[C@H]1C(=O)c2c3c(cc4c5c(n1c24)[C@@]1(C)[C@@H](CC[C@H]2[C@](C)(/C=C/C=C(\C#N)N=C(c4ccccc4)c4ccccc4)[C@@H](O)CC[C@@]21C)C5)C1=CC(C)(C)OC(C)(C)[C@H]1[C@@H]3O.